The van der Waals surface area contributed by atoms with E-state index < -0.39 is 5.97 Å². The lowest BCUT2D eigenvalue weighted by atomic mass is 9.81. The molecule has 0 bridgehead atoms. The third-order valence-corrected chi connectivity index (χ3v) is 6.37. The van der Waals surface area contributed by atoms with E-state index in [9.17, 15) is 14.9 Å². The van der Waals surface area contributed by atoms with Crippen molar-refractivity contribution >= 4 is 28.2 Å². The number of benzene rings is 1. The number of thiophene rings is 1. The summed E-state index contributed by atoms with van der Waals surface area (Å²) in [6.07, 6.45) is 0.773. The maximum Gasteiger partial charge on any atom is 0.337 e. The number of nitrogens with zero attached hydrogens (tertiary/aromatic N) is 1. The minimum absolute atomic E-state index is 0.0197. The van der Waals surface area contributed by atoms with Gasteiger partial charge in [-0.15, -0.1) is 11.3 Å². The van der Waals surface area contributed by atoms with Crippen molar-refractivity contribution in [1.82, 2.24) is 0 Å². The van der Waals surface area contributed by atoms with Gasteiger partial charge in [0, 0.05) is 12.0 Å². The molecule has 2 aromatic rings. The fourth-order valence-electron chi connectivity index (χ4n) is 3.96. The van der Waals surface area contributed by atoms with Crippen LogP contribution in [0.4, 0.5) is 5.00 Å². The zero-order chi connectivity index (χ0) is 20.7. The van der Waals surface area contributed by atoms with Crippen LogP contribution in [-0.2, 0) is 16.7 Å². The van der Waals surface area contributed by atoms with E-state index in [0.29, 0.717) is 21.7 Å². The average molecular weight is 399 g/mol. The van der Waals surface area contributed by atoms with Crippen LogP contribution in [0.15, 0.2) is 24.3 Å². The Morgan fingerprint density at radius 3 is 2.36 bits per heavy atom. The van der Waals surface area contributed by atoms with Gasteiger partial charge in [0.2, 0.25) is 0 Å². The maximum atomic E-state index is 12.7. The van der Waals surface area contributed by atoms with Crippen LogP contribution in [0, 0.1) is 11.3 Å². The summed E-state index contributed by atoms with van der Waals surface area (Å²) in [6, 6.07) is 8.53. The molecule has 0 spiro atoms. The summed E-state index contributed by atoms with van der Waals surface area (Å²) in [5, 5.41) is 15.5. The van der Waals surface area contributed by atoms with Crippen molar-refractivity contribution in [2.45, 2.75) is 45.2 Å². The summed E-state index contributed by atoms with van der Waals surface area (Å²) in [7, 11) is 1.31. The molecule has 0 aliphatic carbocycles. The van der Waals surface area contributed by atoms with Crippen LogP contribution in [-0.4, -0.2) is 24.5 Å². The molecular formula is C21H24N3O3S+. The summed E-state index contributed by atoms with van der Waals surface area (Å²) in [6.45, 7) is 8.61. The van der Waals surface area contributed by atoms with E-state index in [1.807, 2.05) is 0 Å². The number of hydrogen-bond donors (Lipinski definition) is 2. The van der Waals surface area contributed by atoms with Crippen molar-refractivity contribution in [2.75, 3.05) is 12.4 Å². The van der Waals surface area contributed by atoms with Gasteiger partial charge in [-0.05, 0) is 57.5 Å². The fourth-order valence-corrected chi connectivity index (χ4v) is 5.20. The van der Waals surface area contributed by atoms with Gasteiger partial charge < -0.3 is 15.4 Å². The molecule has 0 unspecified atom stereocenters. The second-order valence-electron chi connectivity index (χ2n) is 8.28. The summed E-state index contributed by atoms with van der Waals surface area (Å²) < 4.78 is 4.67. The molecule has 1 aromatic heterocycles. The van der Waals surface area contributed by atoms with Crippen LogP contribution in [0.3, 0.4) is 0 Å². The van der Waals surface area contributed by atoms with Crippen molar-refractivity contribution in [3.05, 3.63) is 51.4 Å². The highest BCUT2D eigenvalue weighted by atomic mass is 32.1. The topological polar surface area (TPSA) is 95.8 Å². The van der Waals surface area contributed by atoms with Crippen LogP contribution in [0.5, 0.6) is 0 Å². The number of carbonyl (C=O) groups is 2. The van der Waals surface area contributed by atoms with E-state index in [2.05, 4.69) is 49.1 Å². The van der Waals surface area contributed by atoms with Gasteiger partial charge in [0.1, 0.15) is 16.6 Å². The summed E-state index contributed by atoms with van der Waals surface area (Å²) >= 11 is 1.47. The largest absolute Gasteiger partial charge is 0.465 e. The van der Waals surface area contributed by atoms with Crippen molar-refractivity contribution in [1.29, 1.82) is 5.26 Å². The zero-order valence-electron chi connectivity index (χ0n) is 16.7. The number of nitriles is 1. The molecule has 1 aromatic carbocycles. The molecule has 0 fully saturated rings. The van der Waals surface area contributed by atoms with E-state index in [4.69, 9.17) is 0 Å². The second kappa shape index (κ2) is 7.04. The maximum absolute atomic E-state index is 12.7. The Hall–Kier alpha value is -2.69. The standard InChI is InChI=1S/C21H23N3O3S/c1-20(2)10-14-15(11-22)18(28-16(14)21(3,4)24-20)23-17(25)12-6-8-13(9-7-12)19(26)27-5/h6-9,24H,10H2,1-5H3,(H,23,25)/p+1. The minimum atomic E-state index is -0.453. The molecule has 7 heteroatoms. The molecule has 0 saturated carbocycles. The Morgan fingerprint density at radius 1 is 1.18 bits per heavy atom. The van der Waals surface area contributed by atoms with E-state index in [1.54, 1.807) is 24.3 Å². The monoisotopic (exact) mass is 398 g/mol. The van der Waals surface area contributed by atoms with Crippen LogP contribution >= 0.6 is 11.3 Å². The molecule has 1 aliphatic rings. The van der Waals surface area contributed by atoms with Gasteiger partial charge in [-0.25, -0.2) is 4.79 Å². The Kier molecular flexibility index (Phi) is 5.04. The van der Waals surface area contributed by atoms with E-state index >= 15 is 0 Å². The number of nitrogens with one attached hydrogen (secondary N) is 1. The molecular weight excluding hydrogens is 374 g/mol. The van der Waals surface area contributed by atoms with Crippen LogP contribution in [0.25, 0.3) is 0 Å². The van der Waals surface area contributed by atoms with Gasteiger partial charge >= 0.3 is 5.97 Å². The first-order valence-corrected chi connectivity index (χ1v) is 9.82. The van der Waals surface area contributed by atoms with Gasteiger partial charge in [-0.2, -0.15) is 5.26 Å². The molecule has 0 atom stereocenters. The molecule has 146 valence electrons. The number of anilines is 1. The smallest absolute Gasteiger partial charge is 0.337 e. The first kappa shape index (κ1) is 20.1. The lowest BCUT2D eigenvalue weighted by molar-refractivity contribution is -0.789. The molecule has 3 N–H and O–H groups in total. The van der Waals surface area contributed by atoms with Gasteiger partial charge in [-0.3, -0.25) is 4.79 Å². The van der Waals surface area contributed by atoms with Gasteiger partial charge in [0.15, 0.2) is 0 Å². The third-order valence-electron chi connectivity index (χ3n) is 4.88. The number of esters is 1. The zero-order valence-corrected chi connectivity index (χ0v) is 17.5. The number of quaternary nitrogens is 1. The molecule has 1 amide bonds. The normalized spacial score (nSPS) is 16.6. The number of rotatable bonds is 3. The number of amides is 1. The summed E-state index contributed by atoms with van der Waals surface area (Å²) in [5.74, 6) is -0.765. The van der Waals surface area contributed by atoms with Crippen LogP contribution in [0.2, 0.25) is 0 Å². The Balaban J connectivity index is 1.91. The first-order valence-electron chi connectivity index (χ1n) is 9.01. The molecule has 0 radical (unpaired) electrons. The minimum Gasteiger partial charge on any atom is -0.465 e. The highest BCUT2D eigenvalue weighted by Crippen LogP contribution is 2.41. The summed E-state index contributed by atoms with van der Waals surface area (Å²) in [5.41, 5.74) is 2.18. The Morgan fingerprint density at radius 2 is 1.79 bits per heavy atom. The number of carbonyl (C=O) groups excluding carboxylic acids is 2. The number of ether oxygens (including phenoxy) is 1. The average Bonchev–Trinajstić information content (AvgIpc) is 2.97. The quantitative estimate of drug-likeness (QED) is 0.777. The summed E-state index contributed by atoms with van der Waals surface area (Å²) in [4.78, 5) is 25.4. The van der Waals surface area contributed by atoms with Crippen molar-refractivity contribution in [3.8, 4) is 6.07 Å². The van der Waals surface area contributed by atoms with Gasteiger partial charge in [0.25, 0.3) is 5.91 Å². The van der Waals surface area contributed by atoms with Gasteiger partial charge in [-0.1, -0.05) is 0 Å². The Labute approximate surface area is 168 Å². The fraction of sp³-hybridized carbons (Fsp3) is 0.381. The number of hydrogen-bond acceptors (Lipinski definition) is 5. The van der Waals surface area contributed by atoms with Crippen LogP contribution in [0.1, 0.15) is 64.4 Å². The van der Waals surface area contributed by atoms with Crippen molar-refractivity contribution in [2.24, 2.45) is 0 Å². The number of nitrogens with two attached hydrogens (primary N) is 1. The SMILES string of the molecule is COC(=O)c1ccc(C(=O)Nc2sc3c(c2C#N)CC(C)(C)[NH2+]C3(C)C)cc1. The van der Waals surface area contributed by atoms with E-state index in [1.165, 1.54) is 18.4 Å². The highest BCUT2D eigenvalue weighted by molar-refractivity contribution is 7.16. The molecule has 28 heavy (non-hydrogen) atoms. The van der Waals surface area contributed by atoms with E-state index in [-0.39, 0.29) is 17.0 Å². The second-order valence-corrected chi connectivity index (χ2v) is 9.30. The molecule has 3 rings (SSSR count). The van der Waals surface area contributed by atoms with Gasteiger partial charge in [0.05, 0.1) is 28.7 Å². The molecule has 6 nitrogen and oxygen atoms in total. The number of fused-ring (bicyclic) bond motifs is 1. The van der Waals surface area contributed by atoms with Crippen LogP contribution < -0.4 is 10.6 Å². The third kappa shape index (κ3) is 3.66. The highest BCUT2D eigenvalue weighted by Gasteiger charge is 2.44. The predicted octanol–water partition coefficient (Wildman–Crippen LogP) is 2.79. The van der Waals surface area contributed by atoms with Crippen molar-refractivity contribution < 1.29 is 19.6 Å². The molecule has 1 aliphatic heterocycles. The molecule has 2 heterocycles. The first-order chi connectivity index (χ1) is 13.1. The number of methoxy groups -OCH3 is 1. The van der Waals surface area contributed by atoms with E-state index in [0.717, 1.165) is 16.9 Å². The lowest BCUT2D eigenvalue weighted by Gasteiger charge is -2.38. The Bertz CT molecular complexity index is 982. The van der Waals surface area contributed by atoms with Crippen molar-refractivity contribution in [3.63, 3.8) is 0 Å². The predicted molar refractivity (Wildman–Crippen MR) is 108 cm³/mol. The molecule has 0 saturated heterocycles. The lowest BCUT2D eigenvalue weighted by Crippen LogP contribution is -3.03.